The van der Waals surface area contributed by atoms with Crippen LogP contribution < -0.4 is 11.1 Å². The first kappa shape index (κ1) is 9.94. The van der Waals surface area contributed by atoms with E-state index in [1.165, 1.54) is 12.3 Å². The fraction of sp³-hybridized carbons (Fsp3) is 0. The van der Waals surface area contributed by atoms with E-state index in [0.29, 0.717) is 5.13 Å². The molecule has 2 aromatic rings. The number of hydrogen-bond acceptors (Lipinski definition) is 6. The van der Waals surface area contributed by atoms with Crippen molar-refractivity contribution in [3.63, 3.8) is 0 Å². The lowest BCUT2D eigenvalue weighted by Crippen LogP contribution is -2.11. The van der Waals surface area contributed by atoms with Gasteiger partial charge in [-0.1, -0.05) is 11.3 Å². The van der Waals surface area contributed by atoms with Crippen molar-refractivity contribution in [3.8, 4) is 0 Å². The predicted molar refractivity (Wildman–Crippen MR) is 56.0 cm³/mol. The maximum Gasteiger partial charge on any atom is 0.262 e. The Bertz CT molecular complexity index is 495. The summed E-state index contributed by atoms with van der Waals surface area (Å²) in [6.45, 7) is 0. The third kappa shape index (κ3) is 2.08. The van der Waals surface area contributed by atoms with E-state index in [2.05, 4.69) is 15.5 Å². The number of hydrogen-bond donors (Lipinski definition) is 2. The van der Waals surface area contributed by atoms with Gasteiger partial charge in [-0.3, -0.25) is 10.1 Å². The van der Waals surface area contributed by atoms with E-state index in [0.717, 1.165) is 11.3 Å². The monoisotopic (exact) mass is 244 g/mol. The Morgan fingerprint density at radius 3 is 2.93 bits per heavy atom. The van der Waals surface area contributed by atoms with Gasteiger partial charge in [-0.05, 0) is 17.7 Å². The normalized spacial score (nSPS) is 10.2. The third-order valence-corrected chi connectivity index (χ3v) is 2.48. The summed E-state index contributed by atoms with van der Waals surface area (Å²) >= 11 is 6.69. The number of furan rings is 1. The molecule has 2 rings (SSSR count). The molecule has 0 radical (unpaired) electrons. The molecule has 0 aromatic carbocycles. The Balaban J connectivity index is 2.14. The van der Waals surface area contributed by atoms with Gasteiger partial charge in [-0.25, -0.2) is 0 Å². The molecular weight excluding hydrogens is 240 g/mol. The summed E-state index contributed by atoms with van der Waals surface area (Å²) in [5.74, 6) is -0.412. The van der Waals surface area contributed by atoms with Crippen molar-refractivity contribution in [1.29, 1.82) is 0 Å². The number of rotatable bonds is 2. The fourth-order valence-corrected chi connectivity index (χ4v) is 1.61. The number of aromatic nitrogens is 2. The molecule has 2 aromatic heterocycles. The van der Waals surface area contributed by atoms with Crippen LogP contribution in [0.2, 0.25) is 5.22 Å². The highest BCUT2D eigenvalue weighted by Gasteiger charge is 2.14. The van der Waals surface area contributed by atoms with Gasteiger partial charge < -0.3 is 10.2 Å². The Morgan fingerprint density at radius 1 is 1.60 bits per heavy atom. The maximum atomic E-state index is 11.5. The molecule has 0 spiro atoms. The number of carbonyl (C=O) groups excluding carboxylic acids is 1. The lowest BCUT2D eigenvalue weighted by molar-refractivity contribution is 0.102. The summed E-state index contributed by atoms with van der Waals surface area (Å²) in [5.41, 5.74) is 5.59. The average molecular weight is 245 g/mol. The molecule has 6 nitrogen and oxygen atoms in total. The SMILES string of the molecule is Nc1nnc(NC(=O)c2ccoc2Cl)s1. The van der Waals surface area contributed by atoms with Crippen molar-refractivity contribution in [2.75, 3.05) is 11.1 Å². The molecule has 0 aliphatic rings. The molecule has 15 heavy (non-hydrogen) atoms. The average Bonchev–Trinajstić information content (AvgIpc) is 2.75. The molecule has 78 valence electrons. The minimum atomic E-state index is -0.412. The molecule has 0 aliphatic heterocycles. The zero-order valence-corrected chi connectivity index (χ0v) is 8.80. The van der Waals surface area contributed by atoms with Crippen molar-refractivity contribution in [2.24, 2.45) is 0 Å². The van der Waals surface area contributed by atoms with E-state index < -0.39 is 5.91 Å². The van der Waals surface area contributed by atoms with E-state index in [4.69, 9.17) is 21.8 Å². The van der Waals surface area contributed by atoms with Crippen LogP contribution in [0.1, 0.15) is 10.4 Å². The van der Waals surface area contributed by atoms with Gasteiger partial charge in [0.2, 0.25) is 15.5 Å². The first-order valence-electron chi connectivity index (χ1n) is 3.80. The van der Waals surface area contributed by atoms with Crippen molar-refractivity contribution in [1.82, 2.24) is 10.2 Å². The number of anilines is 2. The number of halogens is 1. The highest BCUT2D eigenvalue weighted by atomic mass is 35.5. The van der Waals surface area contributed by atoms with Gasteiger partial charge in [0.25, 0.3) is 5.91 Å². The number of nitrogen functional groups attached to an aromatic ring is 1. The number of carbonyl (C=O) groups is 1. The third-order valence-electron chi connectivity index (χ3n) is 1.52. The smallest absolute Gasteiger partial charge is 0.262 e. The summed E-state index contributed by atoms with van der Waals surface area (Å²) in [5, 5.41) is 10.3. The van der Waals surface area contributed by atoms with Crippen LogP contribution in [-0.4, -0.2) is 16.1 Å². The Labute approximate surface area is 93.1 Å². The highest BCUT2D eigenvalue weighted by molar-refractivity contribution is 7.19. The molecule has 0 saturated carbocycles. The number of nitrogens with zero attached hydrogens (tertiary/aromatic N) is 2. The first-order valence-corrected chi connectivity index (χ1v) is 4.99. The van der Waals surface area contributed by atoms with E-state index in [1.54, 1.807) is 0 Å². The molecule has 3 N–H and O–H groups in total. The summed E-state index contributed by atoms with van der Waals surface area (Å²) in [6, 6.07) is 1.46. The molecule has 0 saturated heterocycles. The van der Waals surface area contributed by atoms with Gasteiger partial charge >= 0.3 is 0 Å². The lowest BCUT2D eigenvalue weighted by atomic mass is 10.3. The van der Waals surface area contributed by atoms with Gasteiger partial charge in [0.1, 0.15) is 0 Å². The summed E-state index contributed by atoms with van der Waals surface area (Å²) in [6.07, 6.45) is 1.33. The van der Waals surface area contributed by atoms with Gasteiger partial charge in [-0.15, -0.1) is 10.2 Å². The number of nitrogens with one attached hydrogen (secondary N) is 1. The van der Waals surface area contributed by atoms with Crippen molar-refractivity contribution < 1.29 is 9.21 Å². The van der Waals surface area contributed by atoms with Crippen LogP contribution in [0.4, 0.5) is 10.3 Å². The van der Waals surface area contributed by atoms with E-state index in [9.17, 15) is 4.79 Å². The van der Waals surface area contributed by atoms with Crippen LogP contribution in [-0.2, 0) is 0 Å². The van der Waals surface area contributed by atoms with Crippen molar-refractivity contribution >= 4 is 39.1 Å². The quantitative estimate of drug-likeness (QED) is 0.837. The zero-order chi connectivity index (χ0) is 10.8. The van der Waals surface area contributed by atoms with Gasteiger partial charge in [0, 0.05) is 0 Å². The molecule has 0 bridgehead atoms. The summed E-state index contributed by atoms with van der Waals surface area (Å²) in [4.78, 5) is 11.5. The molecule has 0 fully saturated rings. The Kier molecular flexibility index (Phi) is 2.57. The molecule has 8 heteroatoms. The first-order chi connectivity index (χ1) is 7.16. The van der Waals surface area contributed by atoms with E-state index in [-0.39, 0.29) is 15.9 Å². The zero-order valence-electron chi connectivity index (χ0n) is 7.23. The Hall–Kier alpha value is -1.60. The largest absolute Gasteiger partial charge is 0.452 e. The molecule has 2 heterocycles. The van der Waals surface area contributed by atoms with E-state index >= 15 is 0 Å². The van der Waals surface area contributed by atoms with E-state index in [1.807, 2.05) is 0 Å². The second kappa shape index (κ2) is 3.87. The van der Waals surface area contributed by atoms with Crippen LogP contribution >= 0.6 is 22.9 Å². The van der Waals surface area contributed by atoms with Crippen molar-refractivity contribution in [3.05, 3.63) is 23.1 Å². The second-order valence-corrected chi connectivity index (χ2v) is 3.86. The number of nitrogens with two attached hydrogens (primary N) is 1. The fourth-order valence-electron chi connectivity index (χ4n) is 0.905. The Morgan fingerprint density at radius 2 is 2.40 bits per heavy atom. The lowest BCUT2D eigenvalue weighted by Gasteiger charge is -1.96. The topological polar surface area (TPSA) is 94.0 Å². The van der Waals surface area contributed by atoms with Crippen LogP contribution in [0.25, 0.3) is 0 Å². The summed E-state index contributed by atoms with van der Waals surface area (Å²) in [7, 11) is 0. The van der Waals surface area contributed by atoms with Crippen LogP contribution in [0, 0.1) is 0 Å². The number of amides is 1. The van der Waals surface area contributed by atoms with Crippen LogP contribution in [0.5, 0.6) is 0 Å². The molecular formula is C7H5ClN4O2S. The maximum absolute atomic E-state index is 11.5. The van der Waals surface area contributed by atoms with Gasteiger partial charge in [0.05, 0.1) is 11.8 Å². The van der Waals surface area contributed by atoms with Gasteiger partial charge in [-0.2, -0.15) is 0 Å². The minimum Gasteiger partial charge on any atom is -0.452 e. The van der Waals surface area contributed by atoms with Crippen molar-refractivity contribution in [2.45, 2.75) is 0 Å². The molecule has 0 aliphatic carbocycles. The van der Waals surface area contributed by atoms with Gasteiger partial charge in [0.15, 0.2) is 0 Å². The molecule has 1 amide bonds. The standard InChI is InChI=1S/C7H5ClN4O2S/c8-4-3(1-2-14-4)5(13)10-7-12-11-6(9)15-7/h1-2H,(H2,9,11)(H,10,12,13). The second-order valence-electron chi connectivity index (χ2n) is 2.51. The highest BCUT2D eigenvalue weighted by Crippen LogP contribution is 2.20. The molecule has 0 unspecified atom stereocenters. The van der Waals surface area contributed by atoms with Crippen LogP contribution in [0.3, 0.4) is 0 Å². The molecule has 0 atom stereocenters. The predicted octanol–water partition coefficient (Wildman–Crippen LogP) is 1.62. The minimum absolute atomic E-state index is 0.0324. The summed E-state index contributed by atoms with van der Waals surface area (Å²) < 4.78 is 4.78. The van der Waals surface area contributed by atoms with Crippen LogP contribution in [0.15, 0.2) is 16.7 Å².